The van der Waals surface area contributed by atoms with Crippen LogP contribution in [0.25, 0.3) is 0 Å². The van der Waals surface area contributed by atoms with Crippen molar-refractivity contribution in [3.8, 4) is 11.5 Å². The molecule has 1 aromatic rings. The molecule has 0 unspecified atom stereocenters. The second kappa shape index (κ2) is 6.40. The van der Waals surface area contributed by atoms with Crippen molar-refractivity contribution in [1.82, 2.24) is 10.2 Å². The number of likely N-dealkylation sites (N-methyl/N-ethyl adjacent to an activating group) is 1. The Morgan fingerprint density at radius 1 is 1.15 bits per heavy atom. The summed E-state index contributed by atoms with van der Waals surface area (Å²) in [5.74, 6) is 4.32. The number of amides is 1. The van der Waals surface area contributed by atoms with Gasteiger partial charge in [-0.25, -0.2) is 0 Å². The summed E-state index contributed by atoms with van der Waals surface area (Å²) in [7, 11) is 2.02. The average Bonchev–Trinajstić information content (AvgIpc) is 3.07. The molecule has 5 nitrogen and oxygen atoms in total. The lowest BCUT2D eigenvalue weighted by Gasteiger charge is -2.57. The predicted octanol–water partition coefficient (Wildman–Crippen LogP) is 3.32. The third-order valence-corrected chi connectivity index (χ3v) is 7.34. The molecule has 1 aromatic carbocycles. The maximum atomic E-state index is 13.0. The third kappa shape index (κ3) is 3.20. The molecule has 0 aromatic heterocycles. The lowest BCUT2D eigenvalue weighted by Crippen LogP contribution is -2.62. The zero-order valence-corrected chi connectivity index (χ0v) is 16.4. The van der Waals surface area contributed by atoms with Crippen LogP contribution >= 0.6 is 0 Å². The van der Waals surface area contributed by atoms with Crippen molar-refractivity contribution >= 4 is 5.91 Å². The monoisotopic (exact) mass is 370 g/mol. The van der Waals surface area contributed by atoms with Crippen molar-refractivity contribution in [3.63, 3.8) is 0 Å². The minimum absolute atomic E-state index is 0.0830. The molecule has 5 heteroatoms. The fourth-order valence-electron chi connectivity index (χ4n) is 6.29. The quantitative estimate of drug-likeness (QED) is 0.864. The fraction of sp³-hybridized carbons (Fsp3) is 0.682. The zero-order chi connectivity index (χ0) is 18.6. The van der Waals surface area contributed by atoms with Crippen LogP contribution in [0.1, 0.15) is 51.0 Å². The molecule has 146 valence electrons. The second-order valence-electron chi connectivity index (χ2n) is 9.47. The van der Waals surface area contributed by atoms with E-state index in [1.807, 2.05) is 32.2 Å². The lowest BCUT2D eigenvalue weighted by atomic mass is 9.53. The maximum Gasteiger partial charge on any atom is 0.237 e. The summed E-state index contributed by atoms with van der Waals surface area (Å²) in [4.78, 5) is 15.2. The highest BCUT2D eigenvalue weighted by molar-refractivity contribution is 5.82. The maximum absolute atomic E-state index is 13.0. The van der Waals surface area contributed by atoms with Crippen LogP contribution in [-0.2, 0) is 11.3 Å². The van der Waals surface area contributed by atoms with Crippen LogP contribution in [0.2, 0.25) is 0 Å². The van der Waals surface area contributed by atoms with Crippen molar-refractivity contribution in [2.75, 3.05) is 13.8 Å². The summed E-state index contributed by atoms with van der Waals surface area (Å²) in [5, 5.41) is 3.51. The van der Waals surface area contributed by atoms with E-state index in [2.05, 4.69) is 10.2 Å². The van der Waals surface area contributed by atoms with Gasteiger partial charge in [-0.3, -0.25) is 9.69 Å². The first-order chi connectivity index (χ1) is 13.0. The highest BCUT2D eigenvalue weighted by Gasteiger charge is 2.51. The SMILES string of the molecule is C[C@H](C(=O)NC12CC3CC(CC(C3)C1)C2)N(C)Cc1ccc2c(c1)OCO2. The van der Waals surface area contributed by atoms with Gasteiger partial charge in [-0.1, -0.05) is 6.07 Å². The largest absolute Gasteiger partial charge is 0.454 e. The van der Waals surface area contributed by atoms with Gasteiger partial charge < -0.3 is 14.8 Å². The number of nitrogens with one attached hydrogen (secondary N) is 1. The minimum Gasteiger partial charge on any atom is -0.454 e. The lowest BCUT2D eigenvalue weighted by molar-refractivity contribution is -0.131. The smallest absolute Gasteiger partial charge is 0.237 e. The summed E-state index contributed by atoms with van der Waals surface area (Å²) in [5.41, 5.74) is 1.22. The molecule has 0 spiro atoms. The molecule has 1 heterocycles. The van der Waals surface area contributed by atoms with Gasteiger partial charge >= 0.3 is 0 Å². The zero-order valence-electron chi connectivity index (χ0n) is 16.4. The van der Waals surface area contributed by atoms with Gasteiger partial charge in [0.05, 0.1) is 6.04 Å². The number of carbonyl (C=O) groups is 1. The van der Waals surface area contributed by atoms with Gasteiger partial charge in [-0.15, -0.1) is 0 Å². The van der Waals surface area contributed by atoms with Gasteiger partial charge in [0.25, 0.3) is 0 Å². The number of fused-ring (bicyclic) bond motifs is 1. The number of carbonyl (C=O) groups excluding carboxylic acids is 1. The predicted molar refractivity (Wildman–Crippen MR) is 103 cm³/mol. The molecule has 0 radical (unpaired) electrons. The summed E-state index contributed by atoms with van der Waals surface area (Å²) in [6.45, 7) is 3.02. The van der Waals surface area contributed by atoms with E-state index < -0.39 is 0 Å². The summed E-state index contributed by atoms with van der Waals surface area (Å²) in [6.07, 6.45) is 7.79. The van der Waals surface area contributed by atoms with E-state index in [0.29, 0.717) is 13.3 Å². The normalized spacial score (nSPS) is 34.1. The van der Waals surface area contributed by atoms with Gasteiger partial charge in [-0.05, 0) is 87.9 Å². The summed E-state index contributed by atoms with van der Waals surface area (Å²) < 4.78 is 10.8. The number of ether oxygens (including phenoxy) is 2. The molecule has 1 amide bonds. The Hall–Kier alpha value is -1.75. The van der Waals surface area contributed by atoms with Crippen molar-refractivity contribution in [2.24, 2.45) is 17.8 Å². The average molecular weight is 370 g/mol. The van der Waals surface area contributed by atoms with E-state index in [1.165, 1.54) is 38.5 Å². The van der Waals surface area contributed by atoms with Crippen LogP contribution in [0.3, 0.4) is 0 Å². The minimum atomic E-state index is -0.150. The topological polar surface area (TPSA) is 50.8 Å². The van der Waals surface area contributed by atoms with E-state index in [-0.39, 0.29) is 17.5 Å². The summed E-state index contributed by atoms with van der Waals surface area (Å²) >= 11 is 0. The van der Waals surface area contributed by atoms with E-state index in [1.54, 1.807) is 0 Å². The number of benzene rings is 1. The van der Waals surface area contributed by atoms with Crippen molar-refractivity contribution < 1.29 is 14.3 Å². The van der Waals surface area contributed by atoms with Gasteiger partial charge in [0.2, 0.25) is 12.7 Å². The standard InChI is InChI=1S/C22H30N2O3/c1-14(24(2)12-15-3-4-19-20(8-15)27-13-26-19)21(25)23-22-9-16-5-17(10-22)7-18(6-16)11-22/h3-4,8,14,16-18H,5-7,9-13H2,1-2H3,(H,23,25)/t14-,16?,17?,18?,22?/m1/s1. The molecule has 4 fully saturated rings. The first-order valence-electron chi connectivity index (χ1n) is 10.4. The molecule has 5 aliphatic rings. The molecule has 4 saturated carbocycles. The first-order valence-corrected chi connectivity index (χ1v) is 10.4. The van der Waals surface area contributed by atoms with Gasteiger partial charge in [0.15, 0.2) is 11.5 Å². The van der Waals surface area contributed by atoms with E-state index >= 15 is 0 Å². The molecule has 1 N–H and O–H groups in total. The fourth-order valence-corrected chi connectivity index (χ4v) is 6.29. The highest BCUT2D eigenvalue weighted by Crippen LogP contribution is 2.55. The van der Waals surface area contributed by atoms with Gasteiger partial charge in [-0.2, -0.15) is 0 Å². The van der Waals surface area contributed by atoms with E-state index in [4.69, 9.17) is 9.47 Å². The molecular weight excluding hydrogens is 340 g/mol. The third-order valence-electron chi connectivity index (χ3n) is 7.34. The number of hydrogen-bond acceptors (Lipinski definition) is 4. The Labute approximate surface area is 161 Å². The Balaban J connectivity index is 1.22. The Morgan fingerprint density at radius 3 is 2.44 bits per heavy atom. The molecule has 1 atom stereocenters. The van der Waals surface area contributed by atoms with Crippen molar-refractivity contribution in [1.29, 1.82) is 0 Å². The highest BCUT2D eigenvalue weighted by atomic mass is 16.7. The van der Waals surface area contributed by atoms with Crippen LogP contribution < -0.4 is 14.8 Å². The van der Waals surface area contributed by atoms with Crippen molar-refractivity contribution in [3.05, 3.63) is 23.8 Å². The van der Waals surface area contributed by atoms with Crippen molar-refractivity contribution in [2.45, 2.75) is 63.6 Å². The van der Waals surface area contributed by atoms with E-state index in [0.717, 1.165) is 34.8 Å². The number of rotatable bonds is 5. The first kappa shape index (κ1) is 17.4. The van der Waals surface area contributed by atoms with Crippen LogP contribution in [0.4, 0.5) is 0 Å². The van der Waals surface area contributed by atoms with Crippen LogP contribution in [-0.4, -0.2) is 36.2 Å². The Bertz CT molecular complexity index is 712. The van der Waals surface area contributed by atoms with E-state index in [9.17, 15) is 4.79 Å². The molecular formula is C22H30N2O3. The summed E-state index contributed by atoms with van der Waals surface area (Å²) in [6, 6.07) is 5.87. The second-order valence-corrected chi connectivity index (χ2v) is 9.47. The molecule has 4 bridgehead atoms. The number of hydrogen-bond donors (Lipinski definition) is 1. The molecule has 0 saturated heterocycles. The number of nitrogens with zero attached hydrogens (tertiary/aromatic N) is 1. The molecule has 6 rings (SSSR count). The molecule has 1 aliphatic heterocycles. The molecule has 4 aliphatic carbocycles. The van der Waals surface area contributed by atoms with Crippen LogP contribution in [0, 0.1) is 17.8 Å². The van der Waals surface area contributed by atoms with Gasteiger partial charge in [0, 0.05) is 12.1 Å². The van der Waals surface area contributed by atoms with Crippen LogP contribution in [0.15, 0.2) is 18.2 Å². The van der Waals surface area contributed by atoms with Crippen LogP contribution in [0.5, 0.6) is 11.5 Å². The van der Waals surface area contributed by atoms with Gasteiger partial charge in [0.1, 0.15) is 0 Å². The Morgan fingerprint density at radius 2 is 1.78 bits per heavy atom. The Kier molecular flexibility index (Phi) is 4.12. The molecule has 27 heavy (non-hydrogen) atoms.